The van der Waals surface area contributed by atoms with Crippen LogP contribution in [0.15, 0.2) is 0 Å². The Morgan fingerprint density at radius 1 is 0.789 bits per heavy atom. The van der Waals surface area contributed by atoms with Crippen LogP contribution in [0.2, 0.25) is 0 Å². The van der Waals surface area contributed by atoms with E-state index in [0.29, 0.717) is 0 Å². The zero-order valence-corrected chi connectivity index (χ0v) is 14.7. The molecule has 19 heavy (non-hydrogen) atoms. The third-order valence-corrected chi connectivity index (χ3v) is 4.25. The molecule has 0 fully saturated rings. The van der Waals surface area contributed by atoms with Crippen LogP contribution in [0.5, 0.6) is 0 Å². The van der Waals surface area contributed by atoms with E-state index in [1.54, 1.807) is 5.56 Å². The standard InChI is InChI=1S/C18H33N/c1-11-18(9,10)14-13(16(3,4)5)12(2)19-15(14)17(6,7)8/h19H,11H2,1-10H3. The van der Waals surface area contributed by atoms with Crippen LogP contribution in [0.1, 0.15) is 91.2 Å². The highest BCUT2D eigenvalue weighted by Crippen LogP contribution is 2.43. The molecule has 0 aliphatic carbocycles. The molecule has 0 aromatic carbocycles. The lowest BCUT2D eigenvalue weighted by Gasteiger charge is -2.33. The Balaban J connectivity index is 3.72. The Morgan fingerprint density at radius 3 is 1.58 bits per heavy atom. The largest absolute Gasteiger partial charge is 0.362 e. The van der Waals surface area contributed by atoms with Crippen LogP contribution in [-0.2, 0) is 16.2 Å². The zero-order chi connectivity index (χ0) is 15.2. The molecule has 1 rings (SSSR count). The number of aryl methyl sites for hydroxylation is 1. The smallest absolute Gasteiger partial charge is 0.0244 e. The summed E-state index contributed by atoms with van der Waals surface area (Å²) in [6.45, 7) is 23.2. The van der Waals surface area contributed by atoms with Gasteiger partial charge in [-0.05, 0) is 35.3 Å². The minimum absolute atomic E-state index is 0.163. The number of rotatable bonds is 2. The fraction of sp³-hybridized carbons (Fsp3) is 0.778. The molecule has 1 heteroatoms. The Kier molecular flexibility index (Phi) is 4.02. The van der Waals surface area contributed by atoms with Crippen LogP contribution < -0.4 is 0 Å². The van der Waals surface area contributed by atoms with E-state index in [1.807, 2.05) is 0 Å². The summed E-state index contributed by atoms with van der Waals surface area (Å²) in [5.41, 5.74) is 6.39. The van der Waals surface area contributed by atoms with Gasteiger partial charge in [-0.3, -0.25) is 0 Å². The Bertz CT molecular complexity index is 447. The first-order valence-electron chi connectivity index (χ1n) is 7.56. The molecule has 0 aliphatic heterocycles. The Hall–Kier alpha value is -0.720. The molecule has 1 aromatic rings. The number of aromatic amines is 1. The van der Waals surface area contributed by atoms with Gasteiger partial charge in [0.25, 0.3) is 0 Å². The fourth-order valence-corrected chi connectivity index (χ4v) is 2.98. The van der Waals surface area contributed by atoms with Gasteiger partial charge >= 0.3 is 0 Å². The summed E-state index contributed by atoms with van der Waals surface area (Å²) >= 11 is 0. The van der Waals surface area contributed by atoms with Crippen molar-refractivity contribution in [1.82, 2.24) is 4.98 Å². The molecule has 0 radical (unpaired) electrons. The molecule has 1 aromatic heterocycles. The molecule has 0 saturated heterocycles. The fourth-order valence-electron chi connectivity index (χ4n) is 2.98. The van der Waals surface area contributed by atoms with Crippen molar-refractivity contribution in [1.29, 1.82) is 0 Å². The van der Waals surface area contributed by atoms with E-state index in [-0.39, 0.29) is 16.2 Å². The molecule has 0 saturated carbocycles. The van der Waals surface area contributed by atoms with E-state index in [9.17, 15) is 0 Å². The lowest BCUT2D eigenvalue weighted by atomic mass is 9.70. The maximum atomic E-state index is 3.70. The molecule has 1 heterocycles. The summed E-state index contributed by atoms with van der Waals surface area (Å²) in [6, 6.07) is 0. The van der Waals surface area contributed by atoms with Crippen molar-refractivity contribution in [3.63, 3.8) is 0 Å². The molecule has 0 bridgehead atoms. The summed E-state index contributed by atoms with van der Waals surface area (Å²) in [6.07, 6.45) is 1.16. The van der Waals surface area contributed by atoms with Crippen molar-refractivity contribution in [2.45, 2.75) is 91.9 Å². The Labute approximate surface area is 120 Å². The molecular formula is C18H33N. The molecule has 0 spiro atoms. The molecule has 1 N–H and O–H groups in total. The zero-order valence-electron chi connectivity index (χ0n) is 14.7. The predicted octanol–water partition coefficient (Wildman–Crippen LogP) is 5.61. The van der Waals surface area contributed by atoms with Crippen LogP contribution in [0.3, 0.4) is 0 Å². The first kappa shape index (κ1) is 16.3. The molecule has 0 aliphatic rings. The molecule has 0 unspecified atom stereocenters. The molecule has 0 amide bonds. The summed E-state index contributed by atoms with van der Waals surface area (Å²) in [4.78, 5) is 3.70. The number of nitrogens with one attached hydrogen (secondary N) is 1. The van der Waals surface area contributed by atoms with Gasteiger partial charge < -0.3 is 4.98 Å². The Morgan fingerprint density at radius 2 is 1.26 bits per heavy atom. The summed E-state index contributed by atoms with van der Waals surface area (Å²) in [5.74, 6) is 0. The van der Waals surface area contributed by atoms with Crippen LogP contribution in [0.4, 0.5) is 0 Å². The highest BCUT2D eigenvalue weighted by molar-refractivity contribution is 5.47. The van der Waals surface area contributed by atoms with Gasteiger partial charge in [-0.2, -0.15) is 0 Å². The third-order valence-electron chi connectivity index (χ3n) is 4.25. The predicted molar refractivity (Wildman–Crippen MR) is 86.2 cm³/mol. The summed E-state index contributed by atoms with van der Waals surface area (Å²) in [5, 5.41) is 0. The molecule has 110 valence electrons. The van der Waals surface area contributed by atoms with Gasteiger partial charge in [0, 0.05) is 16.8 Å². The van der Waals surface area contributed by atoms with Crippen LogP contribution in [0, 0.1) is 6.92 Å². The number of hydrogen-bond acceptors (Lipinski definition) is 0. The van der Waals surface area contributed by atoms with E-state index in [0.717, 1.165) is 6.42 Å². The maximum Gasteiger partial charge on any atom is 0.0244 e. The van der Waals surface area contributed by atoms with Crippen molar-refractivity contribution in [3.8, 4) is 0 Å². The van der Waals surface area contributed by atoms with Crippen molar-refractivity contribution < 1.29 is 0 Å². The van der Waals surface area contributed by atoms with Crippen molar-refractivity contribution in [2.75, 3.05) is 0 Å². The monoisotopic (exact) mass is 263 g/mol. The van der Waals surface area contributed by atoms with E-state index >= 15 is 0 Å². The summed E-state index contributed by atoms with van der Waals surface area (Å²) in [7, 11) is 0. The van der Waals surface area contributed by atoms with Gasteiger partial charge in [-0.25, -0.2) is 0 Å². The van der Waals surface area contributed by atoms with Gasteiger partial charge in [0.15, 0.2) is 0 Å². The highest BCUT2D eigenvalue weighted by Gasteiger charge is 2.36. The minimum atomic E-state index is 0.163. The highest BCUT2D eigenvalue weighted by atomic mass is 14.8. The van der Waals surface area contributed by atoms with E-state index in [2.05, 4.69) is 74.2 Å². The average Bonchev–Trinajstić information content (AvgIpc) is 2.55. The van der Waals surface area contributed by atoms with Gasteiger partial charge in [0.05, 0.1) is 0 Å². The number of hydrogen-bond donors (Lipinski definition) is 1. The van der Waals surface area contributed by atoms with Gasteiger partial charge in [-0.1, -0.05) is 62.3 Å². The van der Waals surface area contributed by atoms with Crippen molar-refractivity contribution >= 4 is 0 Å². The van der Waals surface area contributed by atoms with Crippen molar-refractivity contribution in [2.24, 2.45) is 0 Å². The second kappa shape index (κ2) is 4.68. The molecule has 0 atom stereocenters. The van der Waals surface area contributed by atoms with Gasteiger partial charge in [0.2, 0.25) is 0 Å². The summed E-state index contributed by atoms with van der Waals surface area (Å²) < 4.78 is 0. The quantitative estimate of drug-likeness (QED) is 0.714. The van der Waals surface area contributed by atoms with Crippen LogP contribution in [-0.4, -0.2) is 4.98 Å². The molecular weight excluding hydrogens is 230 g/mol. The van der Waals surface area contributed by atoms with Gasteiger partial charge in [-0.15, -0.1) is 0 Å². The lowest BCUT2D eigenvalue weighted by Crippen LogP contribution is -2.27. The topological polar surface area (TPSA) is 15.8 Å². The second-order valence-electron chi connectivity index (χ2n) is 8.61. The maximum absolute atomic E-state index is 3.70. The second-order valence-corrected chi connectivity index (χ2v) is 8.61. The number of aromatic nitrogens is 1. The average molecular weight is 263 g/mol. The minimum Gasteiger partial charge on any atom is -0.362 e. The SMILES string of the molecule is CCC(C)(C)c1c(C(C)(C)C)[nH]c(C)c1C(C)(C)C. The van der Waals surface area contributed by atoms with Crippen molar-refractivity contribution in [3.05, 3.63) is 22.5 Å². The first-order chi connectivity index (χ1) is 8.32. The lowest BCUT2D eigenvalue weighted by molar-refractivity contribution is 0.459. The number of H-pyrrole nitrogens is 1. The third kappa shape index (κ3) is 3.07. The van der Waals surface area contributed by atoms with Crippen LogP contribution >= 0.6 is 0 Å². The van der Waals surface area contributed by atoms with Gasteiger partial charge in [0.1, 0.15) is 0 Å². The van der Waals surface area contributed by atoms with E-state index in [1.165, 1.54) is 17.0 Å². The van der Waals surface area contributed by atoms with E-state index < -0.39 is 0 Å². The van der Waals surface area contributed by atoms with E-state index in [4.69, 9.17) is 0 Å². The van der Waals surface area contributed by atoms with Crippen LogP contribution in [0.25, 0.3) is 0 Å². The first-order valence-corrected chi connectivity index (χ1v) is 7.56. The normalized spacial score (nSPS) is 14.0. The molecule has 1 nitrogen and oxygen atoms in total.